The Morgan fingerprint density at radius 1 is 1.32 bits per heavy atom. The lowest BCUT2D eigenvalue weighted by Crippen LogP contribution is -2.39. The fourth-order valence-electron chi connectivity index (χ4n) is 3.01. The van der Waals surface area contributed by atoms with Gasteiger partial charge in [0.05, 0.1) is 17.4 Å². The van der Waals surface area contributed by atoms with Crippen molar-refractivity contribution in [3.8, 4) is 0 Å². The molecule has 0 spiro atoms. The van der Waals surface area contributed by atoms with E-state index in [9.17, 15) is 9.90 Å². The molecule has 0 aliphatic carbocycles. The number of aryl methyl sites for hydroxylation is 1. The van der Waals surface area contributed by atoms with Crippen molar-refractivity contribution in [1.82, 2.24) is 9.27 Å². The van der Waals surface area contributed by atoms with E-state index in [2.05, 4.69) is 4.37 Å². The van der Waals surface area contributed by atoms with E-state index in [1.165, 1.54) is 11.5 Å². The van der Waals surface area contributed by atoms with Gasteiger partial charge in [0.15, 0.2) is 0 Å². The van der Waals surface area contributed by atoms with E-state index in [1.807, 2.05) is 47.5 Å². The molecule has 1 atom stereocenters. The molecule has 116 valence electrons. The Kier molecular flexibility index (Phi) is 4.55. The van der Waals surface area contributed by atoms with E-state index in [0.717, 1.165) is 24.1 Å². The zero-order chi connectivity index (χ0) is 15.5. The molecule has 4 nitrogen and oxygen atoms in total. The van der Waals surface area contributed by atoms with Gasteiger partial charge in [-0.25, -0.2) is 0 Å². The first-order valence-electron chi connectivity index (χ1n) is 7.60. The van der Waals surface area contributed by atoms with E-state index >= 15 is 0 Å². The molecule has 1 fully saturated rings. The van der Waals surface area contributed by atoms with E-state index < -0.39 is 6.10 Å². The Morgan fingerprint density at radius 2 is 2.00 bits per heavy atom. The summed E-state index contributed by atoms with van der Waals surface area (Å²) in [6.45, 7) is 3.26. The lowest BCUT2D eigenvalue weighted by atomic mass is 9.87. The third-order valence-electron chi connectivity index (χ3n) is 4.39. The number of aliphatic hydroxyl groups is 1. The number of aromatic nitrogens is 1. The van der Waals surface area contributed by atoms with Gasteiger partial charge in [-0.1, -0.05) is 30.3 Å². The van der Waals surface area contributed by atoms with E-state index in [1.54, 1.807) is 0 Å². The molecule has 1 aliphatic heterocycles. The number of hydrogen-bond acceptors (Lipinski definition) is 4. The van der Waals surface area contributed by atoms with Gasteiger partial charge in [0.25, 0.3) is 5.91 Å². The van der Waals surface area contributed by atoms with Crippen molar-refractivity contribution >= 4 is 17.4 Å². The molecule has 0 radical (unpaired) electrons. The molecule has 0 bridgehead atoms. The lowest BCUT2D eigenvalue weighted by Gasteiger charge is -2.34. The van der Waals surface area contributed by atoms with Crippen LogP contribution in [0.4, 0.5) is 0 Å². The Balaban J connectivity index is 1.61. The molecule has 3 rings (SSSR count). The number of hydrogen-bond donors (Lipinski definition) is 1. The minimum absolute atomic E-state index is 0.0684. The molecule has 2 aromatic rings. The van der Waals surface area contributed by atoms with Crippen LogP contribution in [0, 0.1) is 12.8 Å². The number of carbonyl (C=O) groups excluding carboxylic acids is 1. The van der Waals surface area contributed by atoms with Crippen LogP contribution >= 0.6 is 11.5 Å². The number of nitrogens with zero attached hydrogens (tertiary/aromatic N) is 2. The molecule has 22 heavy (non-hydrogen) atoms. The van der Waals surface area contributed by atoms with Crippen LogP contribution in [0.1, 0.15) is 40.6 Å². The average Bonchev–Trinajstić information content (AvgIpc) is 3.00. The third-order valence-corrected chi connectivity index (χ3v) is 5.12. The topological polar surface area (TPSA) is 53.4 Å². The molecule has 1 N–H and O–H groups in total. The molecule has 1 aliphatic rings. The van der Waals surface area contributed by atoms with Crippen molar-refractivity contribution in [2.75, 3.05) is 13.1 Å². The van der Waals surface area contributed by atoms with Gasteiger partial charge < -0.3 is 10.0 Å². The summed E-state index contributed by atoms with van der Waals surface area (Å²) in [5, 5.41) is 12.3. The smallest absolute Gasteiger partial charge is 0.256 e. The SMILES string of the molecule is Cc1nscc1C(=O)N1CCC(C(O)c2ccccc2)CC1. The number of likely N-dealkylation sites (tertiary alicyclic amines) is 1. The van der Waals surface area contributed by atoms with Crippen molar-refractivity contribution in [1.29, 1.82) is 0 Å². The second-order valence-corrected chi connectivity index (χ2v) is 6.43. The number of rotatable bonds is 3. The first-order chi connectivity index (χ1) is 10.7. The van der Waals surface area contributed by atoms with Crippen LogP contribution in [0.2, 0.25) is 0 Å². The molecule has 5 heteroatoms. The second-order valence-electron chi connectivity index (χ2n) is 5.80. The van der Waals surface area contributed by atoms with E-state index in [4.69, 9.17) is 0 Å². The first-order valence-corrected chi connectivity index (χ1v) is 8.43. The maximum atomic E-state index is 12.5. The predicted molar refractivity (Wildman–Crippen MR) is 86.9 cm³/mol. The molecule has 1 saturated heterocycles. The van der Waals surface area contributed by atoms with Gasteiger partial charge in [-0.2, -0.15) is 4.37 Å². The lowest BCUT2D eigenvalue weighted by molar-refractivity contribution is 0.0462. The van der Waals surface area contributed by atoms with Crippen LogP contribution in [0.5, 0.6) is 0 Å². The average molecular weight is 316 g/mol. The maximum absolute atomic E-state index is 12.5. The highest BCUT2D eigenvalue weighted by atomic mass is 32.1. The minimum atomic E-state index is -0.442. The van der Waals surface area contributed by atoms with Crippen molar-refractivity contribution < 1.29 is 9.90 Å². The summed E-state index contributed by atoms with van der Waals surface area (Å²) in [7, 11) is 0. The molecule has 2 heterocycles. The summed E-state index contributed by atoms with van der Waals surface area (Å²) >= 11 is 1.32. The summed E-state index contributed by atoms with van der Waals surface area (Å²) in [6, 6.07) is 9.77. The van der Waals surface area contributed by atoms with Crippen LogP contribution in [-0.2, 0) is 0 Å². The Bertz CT molecular complexity index is 633. The van der Waals surface area contributed by atoms with Gasteiger partial charge in [0, 0.05) is 18.5 Å². The Morgan fingerprint density at radius 3 is 2.59 bits per heavy atom. The molecule has 1 amide bonds. The van der Waals surface area contributed by atoms with Gasteiger partial charge in [-0.05, 0) is 42.8 Å². The van der Waals surface area contributed by atoms with E-state index in [-0.39, 0.29) is 11.8 Å². The third kappa shape index (κ3) is 3.05. The highest BCUT2D eigenvalue weighted by Crippen LogP contribution is 2.31. The molecular formula is C17H20N2O2S. The fraction of sp³-hybridized carbons (Fsp3) is 0.412. The van der Waals surface area contributed by atoms with Crippen LogP contribution < -0.4 is 0 Å². The molecule has 1 aromatic heterocycles. The summed E-state index contributed by atoms with van der Waals surface area (Å²) in [6.07, 6.45) is 1.22. The number of benzene rings is 1. The van der Waals surface area contributed by atoms with Crippen molar-refractivity contribution in [3.63, 3.8) is 0 Å². The highest BCUT2D eigenvalue weighted by Gasteiger charge is 2.29. The fourth-order valence-corrected chi connectivity index (χ4v) is 3.69. The van der Waals surface area contributed by atoms with Gasteiger partial charge in [0.2, 0.25) is 0 Å². The van der Waals surface area contributed by atoms with Crippen molar-refractivity contribution in [3.05, 3.63) is 52.5 Å². The standard InChI is InChI=1S/C17H20N2O2S/c1-12-15(11-22-18-12)17(21)19-9-7-14(8-10-19)16(20)13-5-3-2-4-6-13/h2-6,11,14,16,20H,7-10H2,1H3. The van der Waals surface area contributed by atoms with Crippen molar-refractivity contribution in [2.24, 2.45) is 5.92 Å². The van der Waals surface area contributed by atoms with Crippen LogP contribution in [-0.4, -0.2) is 33.4 Å². The summed E-state index contributed by atoms with van der Waals surface area (Å²) < 4.78 is 4.17. The van der Waals surface area contributed by atoms with Crippen LogP contribution in [0.3, 0.4) is 0 Å². The minimum Gasteiger partial charge on any atom is -0.388 e. The quantitative estimate of drug-likeness (QED) is 0.947. The summed E-state index contributed by atoms with van der Waals surface area (Å²) in [5.74, 6) is 0.284. The first kappa shape index (κ1) is 15.2. The molecule has 1 unspecified atom stereocenters. The number of amides is 1. The van der Waals surface area contributed by atoms with Crippen LogP contribution in [0.15, 0.2) is 35.7 Å². The number of piperidine rings is 1. The monoisotopic (exact) mass is 316 g/mol. The van der Waals surface area contributed by atoms with Gasteiger partial charge >= 0.3 is 0 Å². The number of aliphatic hydroxyl groups excluding tert-OH is 1. The molecular weight excluding hydrogens is 296 g/mol. The van der Waals surface area contributed by atoms with E-state index in [0.29, 0.717) is 18.7 Å². The zero-order valence-electron chi connectivity index (χ0n) is 12.6. The highest BCUT2D eigenvalue weighted by molar-refractivity contribution is 7.03. The molecule has 0 saturated carbocycles. The second kappa shape index (κ2) is 6.58. The maximum Gasteiger partial charge on any atom is 0.256 e. The van der Waals surface area contributed by atoms with Crippen molar-refractivity contribution in [2.45, 2.75) is 25.9 Å². The normalized spacial score (nSPS) is 17.5. The largest absolute Gasteiger partial charge is 0.388 e. The summed E-state index contributed by atoms with van der Waals surface area (Å²) in [5.41, 5.74) is 2.48. The van der Waals surface area contributed by atoms with Crippen LogP contribution in [0.25, 0.3) is 0 Å². The zero-order valence-corrected chi connectivity index (χ0v) is 13.4. The summed E-state index contributed by atoms with van der Waals surface area (Å²) in [4.78, 5) is 14.3. The number of carbonyl (C=O) groups is 1. The predicted octanol–water partition coefficient (Wildman–Crippen LogP) is 3.04. The Hall–Kier alpha value is -1.72. The van der Waals surface area contributed by atoms with Gasteiger partial charge in [-0.15, -0.1) is 0 Å². The van der Waals surface area contributed by atoms with Gasteiger partial charge in [0.1, 0.15) is 0 Å². The van der Waals surface area contributed by atoms with Gasteiger partial charge in [-0.3, -0.25) is 4.79 Å². The molecule has 1 aromatic carbocycles. The Labute approximate surface area is 134 Å².